The molecule has 1 atom stereocenters. The largest absolute Gasteiger partial charge is 0.387 e. The van der Waals surface area contributed by atoms with E-state index in [2.05, 4.69) is 10.00 Å². The second kappa shape index (κ2) is 6.44. The Morgan fingerprint density at radius 1 is 1.28 bits per heavy atom. The van der Waals surface area contributed by atoms with Crippen LogP contribution in [0.25, 0.3) is 10.9 Å². The molecule has 0 unspecified atom stereocenters. The van der Waals surface area contributed by atoms with Crippen LogP contribution in [0, 0.1) is 0 Å². The lowest BCUT2D eigenvalue weighted by Gasteiger charge is -2.18. The van der Waals surface area contributed by atoms with E-state index in [-0.39, 0.29) is 0 Å². The van der Waals surface area contributed by atoms with Gasteiger partial charge in [-0.2, -0.15) is 10.2 Å². The van der Waals surface area contributed by atoms with Crippen molar-refractivity contribution in [2.75, 3.05) is 6.54 Å². The maximum atomic E-state index is 9.78. The Bertz CT molecular complexity index is 914. The van der Waals surface area contributed by atoms with Gasteiger partial charge in [-0.1, -0.05) is 17.7 Å². The molecule has 132 valence electrons. The molecule has 1 aliphatic rings. The highest BCUT2D eigenvalue weighted by Gasteiger charge is 2.21. The highest BCUT2D eigenvalue weighted by molar-refractivity contribution is 6.35. The van der Waals surface area contributed by atoms with Gasteiger partial charge in [0, 0.05) is 38.6 Å². The van der Waals surface area contributed by atoms with Crippen LogP contribution in [-0.4, -0.2) is 36.1 Å². The lowest BCUT2D eigenvalue weighted by molar-refractivity contribution is 0.193. The van der Waals surface area contributed by atoms with Crippen molar-refractivity contribution < 1.29 is 5.11 Å². The van der Waals surface area contributed by atoms with Crippen LogP contribution in [0.15, 0.2) is 24.3 Å². The molecule has 0 saturated carbocycles. The van der Waals surface area contributed by atoms with Crippen LogP contribution >= 0.6 is 11.6 Å². The second-order valence-corrected chi connectivity index (χ2v) is 7.14. The molecule has 2 aromatic heterocycles. The average molecular weight is 360 g/mol. The molecule has 7 heteroatoms. The van der Waals surface area contributed by atoms with Crippen molar-refractivity contribution in [1.29, 1.82) is 0 Å². The quantitative estimate of drug-likeness (QED) is 0.781. The van der Waals surface area contributed by atoms with Crippen LogP contribution < -0.4 is 0 Å². The maximum absolute atomic E-state index is 9.78. The van der Waals surface area contributed by atoms with Gasteiger partial charge in [0.1, 0.15) is 0 Å². The maximum Gasteiger partial charge on any atom is 0.0950 e. The summed E-state index contributed by atoms with van der Waals surface area (Å²) in [5.41, 5.74) is 3.94. The normalized spacial score (nSPS) is 16.8. The zero-order chi connectivity index (χ0) is 17.6. The number of fused-ring (bicyclic) bond motifs is 2. The summed E-state index contributed by atoms with van der Waals surface area (Å²) in [5.74, 6) is 0. The van der Waals surface area contributed by atoms with Gasteiger partial charge in [0.2, 0.25) is 0 Å². The summed E-state index contributed by atoms with van der Waals surface area (Å²) in [7, 11) is 1.95. The SMILES string of the molecule is C[C@@H](O)c1cc2n(n1)CCCN(Cc1nn(C)c3cccc(Cl)c13)C2. The molecule has 1 N–H and O–H groups in total. The summed E-state index contributed by atoms with van der Waals surface area (Å²) >= 11 is 6.43. The summed E-state index contributed by atoms with van der Waals surface area (Å²) in [5, 5.41) is 20.8. The zero-order valence-electron chi connectivity index (χ0n) is 14.5. The molecule has 0 fully saturated rings. The van der Waals surface area contributed by atoms with Gasteiger partial charge in [-0.3, -0.25) is 14.3 Å². The first-order valence-corrected chi connectivity index (χ1v) is 8.98. The Kier molecular flexibility index (Phi) is 4.27. The Morgan fingerprint density at radius 2 is 2.12 bits per heavy atom. The fourth-order valence-electron chi connectivity index (χ4n) is 3.57. The van der Waals surface area contributed by atoms with E-state index in [1.807, 2.05) is 40.7 Å². The van der Waals surface area contributed by atoms with E-state index >= 15 is 0 Å². The van der Waals surface area contributed by atoms with Gasteiger partial charge in [0.05, 0.1) is 33.7 Å². The van der Waals surface area contributed by atoms with Gasteiger partial charge in [0.15, 0.2) is 0 Å². The lowest BCUT2D eigenvalue weighted by atomic mass is 10.2. The molecule has 1 aromatic carbocycles. The molecule has 0 aliphatic carbocycles. The predicted octanol–water partition coefficient (Wildman–Crippen LogP) is 2.88. The minimum atomic E-state index is -0.536. The van der Waals surface area contributed by atoms with Gasteiger partial charge in [-0.25, -0.2) is 0 Å². The highest BCUT2D eigenvalue weighted by Crippen LogP contribution is 2.28. The summed E-state index contributed by atoms with van der Waals surface area (Å²) in [6, 6.07) is 7.93. The van der Waals surface area contributed by atoms with Crippen molar-refractivity contribution in [2.45, 2.75) is 39.1 Å². The first kappa shape index (κ1) is 16.6. The van der Waals surface area contributed by atoms with Crippen LogP contribution in [0.4, 0.5) is 0 Å². The van der Waals surface area contributed by atoms with Crippen molar-refractivity contribution in [3.8, 4) is 0 Å². The molecule has 0 bridgehead atoms. The number of aryl methyl sites for hydroxylation is 2. The summed E-state index contributed by atoms with van der Waals surface area (Å²) in [4.78, 5) is 2.37. The zero-order valence-corrected chi connectivity index (χ0v) is 15.2. The minimum Gasteiger partial charge on any atom is -0.387 e. The van der Waals surface area contributed by atoms with E-state index in [0.717, 1.165) is 65.6 Å². The van der Waals surface area contributed by atoms with E-state index in [9.17, 15) is 5.11 Å². The molecule has 0 amide bonds. The summed E-state index contributed by atoms with van der Waals surface area (Å²) < 4.78 is 3.91. The first-order chi connectivity index (χ1) is 12.0. The number of hydrogen-bond donors (Lipinski definition) is 1. The standard InChI is InChI=1S/C18H22ClN5O/c1-12(25)15-9-13-10-23(7-4-8-24(13)21-15)11-16-18-14(19)5-3-6-17(18)22(2)20-16/h3,5-6,9,12,25H,4,7-8,10-11H2,1-2H3/t12-/m1/s1. The van der Waals surface area contributed by atoms with Crippen molar-refractivity contribution in [1.82, 2.24) is 24.5 Å². The molecule has 0 spiro atoms. The number of nitrogens with zero attached hydrogens (tertiary/aromatic N) is 5. The number of halogens is 1. The smallest absolute Gasteiger partial charge is 0.0950 e. The van der Waals surface area contributed by atoms with Gasteiger partial charge < -0.3 is 5.11 Å². The average Bonchev–Trinajstić information content (AvgIpc) is 3.05. The van der Waals surface area contributed by atoms with Gasteiger partial charge in [0.25, 0.3) is 0 Å². The number of aromatic nitrogens is 4. The third-order valence-electron chi connectivity index (χ3n) is 4.81. The molecule has 3 aromatic rings. The number of aliphatic hydroxyl groups excluding tert-OH is 1. The topological polar surface area (TPSA) is 59.1 Å². The molecule has 25 heavy (non-hydrogen) atoms. The minimum absolute atomic E-state index is 0.536. The lowest BCUT2D eigenvalue weighted by Crippen LogP contribution is -2.23. The molecule has 0 saturated heterocycles. The van der Waals surface area contributed by atoms with Crippen LogP contribution in [0.2, 0.25) is 5.02 Å². The van der Waals surface area contributed by atoms with Crippen LogP contribution in [0.3, 0.4) is 0 Å². The van der Waals surface area contributed by atoms with Gasteiger partial charge in [-0.05, 0) is 31.5 Å². The van der Waals surface area contributed by atoms with Gasteiger partial charge in [-0.15, -0.1) is 0 Å². The Labute approximate surface area is 151 Å². The molecular formula is C18H22ClN5O. The molecule has 1 aliphatic heterocycles. The molecule has 0 radical (unpaired) electrons. The van der Waals surface area contributed by atoms with Crippen LogP contribution in [0.1, 0.15) is 36.5 Å². The fraction of sp³-hybridized carbons (Fsp3) is 0.444. The van der Waals surface area contributed by atoms with E-state index in [1.165, 1.54) is 0 Å². The summed E-state index contributed by atoms with van der Waals surface area (Å²) in [6.45, 7) is 5.15. The van der Waals surface area contributed by atoms with Crippen molar-refractivity contribution in [3.05, 3.63) is 46.4 Å². The Hall–Kier alpha value is -1.89. The van der Waals surface area contributed by atoms with E-state index < -0.39 is 6.10 Å². The number of rotatable bonds is 3. The molecular weight excluding hydrogens is 338 g/mol. The van der Waals surface area contributed by atoms with Gasteiger partial charge >= 0.3 is 0 Å². The third kappa shape index (κ3) is 3.05. The summed E-state index contributed by atoms with van der Waals surface area (Å²) in [6.07, 6.45) is 0.485. The van der Waals surface area contributed by atoms with E-state index in [0.29, 0.717) is 0 Å². The van der Waals surface area contributed by atoms with Crippen LogP contribution in [0.5, 0.6) is 0 Å². The predicted molar refractivity (Wildman–Crippen MR) is 97.3 cm³/mol. The first-order valence-electron chi connectivity index (χ1n) is 8.60. The van der Waals surface area contributed by atoms with Crippen molar-refractivity contribution in [2.24, 2.45) is 7.05 Å². The highest BCUT2D eigenvalue weighted by atomic mass is 35.5. The fourth-order valence-corrected chi connectivity index (χ4v) is 3.84. The monoisotopic (exact) mass is 359 g/mol. The molecule has 4 rings (SSSR count). The van der Waals surface area contributed by atoms with E-state index in [4.69, 9.17) is 16.7 Å². The van der Waals surface area contributed by atoms with E-state index in [1.54, 1.807) is 6.92 Å². The Balaban J connectivity index is 1.63. The molecule has 3 heterocycles. The Morgan fingerprint density at radius 3 is 2.92 bits per heavy atom. The van der Waals surface area contributed by atoms with Crippen molar-refractivity contribution in [3.63, 3.8) is 0 Å². The number of benzene rings is 1. The number of hydrogen-bond acceptors (Lipinski definition) is 4. The van der Waals surface area contributed by atoms with Crippen molar-refractivity contribution >= 4 is 22.5 Å². The molecule has 6 nitrogen and oxygen atoms in total. The third-order valence-corrected chi connectivity index (χ3v) is 5.13. The number of aliphatic hydroxyl groups is 1. The van der Waals surface area contributed by atoms with Crippen LogP contribution in [-0.2, 0) is 26.7 Å². The second-order valence-electron chi connectivity index (χ2n) is 6.73.